The number of benzene rings is 1. The summed E-state index contributed by atoms with van der Waals surface area (Å²) in [6.07, 6.45) is 0. The van der Waals surface area contributed by atoms with Crippen molar-refractivity contribution < 1.29 is 4.39 Å². The van der Waals surface area contributed by atoms with E-state index in [-0.39, 0.29) is 11.9 Å². The van der Waals surface area contributed by atoms with Gasteiger partial charge in [-0.2, -0.15) is 11.8 Å². The summed E-state index contributed by atoms with van der Waals surface area (Å²) >= 11 is 5.39. The van der Waals surface area contributed by atoms with E-state index in [1.54, 1.807) is 6.07 Å². The monoisotopic (exact) mass is 317 g/mol. The minimum absolute atomic E-state index is 0.0762. The van der Waals surface area contributed by atoms with Gasteiger partial charge in [0.25, 0.3) is 0 Å². The third-order valence-corrected chi connectivity index (χ3v) is 5.12. The van der Waals surface area contributed by atoms with E-state index in [9.17, 15) is 4.39 Å². The summed E-state index contributed by atoms with van der Waals surface area (Å²) in [7, 11) is 0. The first-order chi connectivity index (χ1) is 8.15. The van der Waals surface area contributed by atoms with Gasteiger partial charge in [0.05, 0.1) is 0 Å². The summed E-state index contributed by atoms with van der Waals surface area (Å²) in [6, 6.07) is 3.62. The number of hydrogen-bond acceptors (Lipinski definition) is 2. The normalized spacial score (nSPS) is 24.2. The van der Waals surface area contributed by atoms with Crippen LogP contribution >= 0.6 is 27.7 Å². The van der Waals surface area contributed by atoms with Gasteiger partial charge in [-0.15, -0.1) is 0 Å². The van der Waals surface area contributed by atoms with Crippen LogP contribution in [0, 0.1) is 11.7 Å². The molecule has 17 heavy (non-hydrogen) atoms. The summed E-state index contributed by atoms with van der Waals surface area (Å²) in [6.45, 7) is 5.23. The molecule has 0 fully saturated rings. The molecule has 1 N–H and O–H groups in total. The topological polar surface area (TPSA) is 12.0 Å². The first-order valence-electron chi connectivity index (χ1n) is 5.93. The van der Waals surface area contributed by atoms with Gasteiger partial charge in [0.15, 0.2) is 0 Å². The third-order valence-electron chi connectivity index (χ3n) is 3.18. The minimum Gasteiger partial charge on any atom is -0.310 e. The third kappa shape index (κ3) is 2.69. The van der Waals surface area contributed by atoms with E-state index in [1.807, 2.05) is 17.8 Å². The number of halogens is 2. The fraction of sp³-hybridized carbons (Fsp3) is 0.538. The van der Waals surface area contributed by atoms with E-state index in [1.165, 1.54) is 0 Å². The highest BCUT2D eigenvalue weighted by molar-refractivity contribution is 9.10. The van der Waals surface area contributed by atoms with Gasteiger partial charge < -0.3 is 5.32 Å². The second-order valence-corrected chi connectivity index (χ2v) is 6.33. The van der Waals surface area contributed by atoms with Gasteiger partial charge in [-0.05, 0) is 35.9 Å². The minimum atomic E-state index is -0.0762. The fourth-order valence-corrected chi connectivity index (χ4v) is 4.14. The van der Waals surface area contributed by atoms with Crippen LogP contribution < -0.4 is 5.32 Å². The highest BCUT2D eigenvalue weighted by Gasteiger charge is 2.28. The Hall–Kier alpha value is -0.0600. The molecule has 2 atom stereocenters. The van der Waals surface area contributed by atoms with E-state index in [4.69, 9.17) is 0 Å². The Bertz CT molecular complexity index is 411. The lowest BCUT2D eigenvalue weighted by molar-refractivity contribution is 0.424. The predicted molar refractivity (Wildman–Crippen MR) is 75.8 cm³/mol. The lowest BCUT2D eigenvalue weighted by atomic mass is 9.92. The molecule has 1 nitrogen and oxygen atoms in total. The summed E-state index contributed by atoms with van der Waals surface area (Å²) in [5.41, 5.74) is 1.98. The van der Waals surface area contributed by atoms with Crippen molar-refractivity contribution in [1.29, 1.82) is 0 Å². The Labute approximate surface area is 115 Å². The molecule has 1 heterocycles. The summed E-state index contributed by atoms with van der Waals surface area (Å²) in [5.74, 6) is 2.28. The van der Waals surface area contributed by atoms with Crippen LogP contribution in [-0.4, -0.2) is 12.3 Å². The van der Waals surface area contributed by atoms with Crippen molar-refractivity contribution in [3.63, 3.8) is 0 Å². The molecule has 2 rings (SSSR count). The predicted octanol–water partition coefficient (Wildman–Crippen LogP) is 4.12. The maximum absolute atomic E-state index is 13.9. The lowest BCUT2D eigenvalue weighted by Gasteiger charge is -2.25. The molecule has 0 amide bonds. The van der Waals surface area contributed by atoms with Crippen LogP contribution in [0.15, 0.2) is 16.6 Å². The molecule has 0 bridgehead atoms. The van der Waals surface area contributed by atoms with Crippen LogP contribution in [0.2, 0.25) is 0 Å². The van der Waals surface area contributed by atoms with Gasteiger partial charge in [0.2, 0.25) is 0 Å². The molecule has 0 radical (unpaired) electrons. The van der Waals surface area contributed by atoms with E-state index < -0.39 is 0 Å². The van der Waals surface area contributed by atoms with Crippen LogP contribution in [0.3, 0.4) is 0 Å². The molecule has 94 valence electrons. The maximum atomic E-state index is 13.9. The van der Waals surface area contributed by atoms with Crippen LogP contribution in [-0.2, 0) is 5.75 Å². The van der Waals surface area contributed by atoms with E-state index in [2.05, 4.69) is 35.1 Å². The lowest BCUT2D eigenvalue weighted by Crippen LogP contribution is -2.28. The SMILES string of the molecule is CCNC1c2c(Br)ccc(F)c2CSCC1C. The Morgan fingerprint density at radius 3 is 3.00 bits per heavy atom. The molecule has 0 aliphatic carbocycles. The van der Waals surface area contributed by atoms with E-state index >= 15 is 0 Å². The smallest absolute Gasteiger partial charge is 0.127 e. The number of thioether (sulfide) groups is 1. The summed E-state index contributed by atoms with van der Waals surface area (Å²) in [4.78, 5) is 0. The molecule has 0 saturated heterocycles. The Morgan fingerprint density at radius 1 is 1.53 bits per heavy atom. The van der Waals surface area contributed by atoms with Crippen molar-refractivity contribution in [2.75, 3.05) is 12.3 Å². The zero-order valence-electron chi connectivity index (χ0n) is 10.1. The number of rotatable bonds is 2. The Kier molecular flexibility index (Phi) is 4.50. The van der Waals surface area contributed by atoms with Gasteiger partial charge in [-0.25, -0.2) is 4.39 Å². The second kappa shape index (κ2) is 5.72. The molecule has 4 heteroatoms. The molecule has 0 aromatic heterocycles. The maximum Gasteiger partial charge on any atom is 0.127 e. The van der Waals surface area contributed by atoms with Gasteiger partial charge in [0.1, 0.15) is 5.82 Å². The molecular weight excluding hydrogens is 301 g/mol. The Balaban J connectivity index is 2.51. The average molecular weight is 318 g/mol. The fourth-order valence-electron chi connectivity index (χ4n) is 2.34. The first-order valence-corrected chi connectivity index (χ1v) is 7.87. The molecule has 1 aromatic carbocycles. The van der Waals surface area contributed by atoms with Gasteiger partial charge >= 0.3 is 0 Å². The number of fused-ring (bicyclic) bond motifs is 1. The van der Waals surface area contributed by atoms with Crippen LogP contribution in [0.1, 0.15) is 31.0 Å². The molecule has 0 saturated carbocycles. The highest BCUT2D eigenvalue weighted by Crippen LogP contribution is 2.39. The summed E-state index contributed by atoms with van der Waals surface area (Å²) in [5, 5.41) is 3.49. The van der Waals surface area contributed by atoms with Crippen molar-refractivity contribution in [2.45, 2.75) is 25.6 Å². The zero-order valence-corrected chi connectivity index (χ0v) is 12.5. The molecule has 0 spiro atoms. The van der Waals surface area contributed by atoms with Crippen molar-refractivity contribution in [3.8, 4) is 0 Å². The molecule has 1 aliphatic heterocycles. The van der Waals surface area contributed by atoms with Crippen molar-refractivity contribution in [2.24, 2.45) is 5.92 Å². The molecule has 1 aliphatic rings. The van der Waals surface area contributed by atoms with Gasteiger partial charge in [-0.1, -0.05) is 29.8 Å². The molecule has 1 aromatic rings. The Morgan fingerprint density at radius 2 is 2.29 bits per heavy atom. The van der Waals surface area contributed by atoms with Crippen molar-refractivity contribution in [1.82, 2.24) is 5.32 Å². The van der Waals surface area contributed by atoms with Gasteiger partial charge in [-0.3, -0.25) is 0 Å². The number of nitrogens with one attached hydrogen (secondary N) is 1. The largest absolute Gasteiger partial charge is 0.310 e. The van der Waals surface area contributed by atoms with E-state index in [0.717, 1.165) is 33.7 Å². The average Bonchev–Trinajstić information content (AvgIpc) is 2.46. The second-order valence-electron chi connectivity index (χ2n) is 4.45. The standard InChI is InChI=1S/C13H17BrFNS/c1-3-16-13-8(2)6-17-7-9-11(15)5-4-10(14)12(9)13/h4-5,8,13,16H,3,6-7H2,1-2H3. The van der Waals surface area contributed by atoms with Crippen LogP contribution in [0.25, 0.3) is 0 Å². The van der Waals surface area contributed by atoms with Crippen molar-refractivity contribution >= 4 is 27.7 Å². The molecular formula is C13H17BrFNS. The number of hydrogen-bond donors (Lipinski definition) is 1. The quantitative estimate of drug-likeness (QED) is 0.880. The zero-order chi connectivity index (χ0) is 12.4. The summed E-state index contributed by atoms with van der Waals surface area (Å²) < 4.78 is 14.9. The highest BCUT2D eigenvalue weighted by atomic mass is 79.9. The first kappa shape index (κ1) is 13.4. The van der Waals surface area contributed by atoms with Gasteiger partial charge in [0, 0.05) is 21.8 Å². The van der Waals surface area contributed by atoms with Crippen LogP contribution in [0.5, 0.6) is 0 Å². The van der Waals surface area contributed by atoms with Crippen molar-refractivity contribution in [3.05, 3.63) is 33.5 Å². The van der Waals surface area contributed by atoms with E-state index in [0.29, 0.717) is 5.92 Å². The van der Waals surface area contributed by atoms with Crippen LogP contribution in [0.4, 0.5) is 4.39 Å². The molecule has 2 unspecified atom stereocenters.